The highest BCUT2D eigenvalue weighted by atomic mass is 32.2. The Kier molecular flexibility index (Phi) is 3.33. The first-order valence-corrected chi connectivity index (χ1v) is 8.08. The van der Waals surface area contributed by atoms with Crippen molar-refractivity contribution in [3.05, 3.63) is 11.4 Å². The molecule has 0 spiro atoms. The van der Waals surface area contributed by atoms with Crippen molar-refractivity contribution in [2.24, 2.45) is 0 Å². The molecule has 2 fully saturated rings. The summed E-state index contributed by atoms with van der Waals surface area (Å²) in [6, 6.07) is 0. The number of nitrogen functional groups attached to an aromatic ring is 1. The van der Waals surface area contributed by atoms with Gasteiger partial charge in [-0.05, 0) is 45.3 Å². The van der Waals surface area contributed by atoms with Gasteiger partial charge in [-0.2, -0.15) is 11.8 Å². The third-order valence-corrected chi connectivity index (χ3v) is 5.61. The first-order valence-electron chi connectivity index (χ1n) is 7.09. The van der Waals surface area contributed by atoms with Gasteiger partial charge in [-0.15, -0.1) is 0 Å². The molecule has 3 N–H and O–H groups in total. The van der Waals surface area contributed by atoms with Crippen molar-refractivity contribution >= 4 is 23.4 Å². The van der Waals surface area contributed by atoms with Gasteiger partial charge >= 0.3 is 0 Å². The van der Waals surface area contributed by atoms with Crippen molar-refractivity contribution in [1.29, 1.82) is 0 Å². The highest BCUT2D eigenvalue weighted by molar-refractivity contribution is 8.00. The molecular weight excluding hydrogens is 256 g/mol. The maximum Gasteiger partial charge on any atom is 0.136 e. The Morgan fingerprint density at radius 3 is 2.84 bits per heavy atom. The average Bonchev–Trinajstić information content (AvgIpc) is 3.14. The zero-order valence-corrected chi connectivity index (χ0v) is 12.5. The van der Waals surface area contributed by atoms with E-state index in [0.29, 0.717) is 16.5 Å². The molecule has 19 heavy (non-hydrogen) atoms. The number of nitrogens with two attached hydrogens (primary N) is 1. The topological polar surface area (TPSA) is 63.8 Å². The van der Waals surface area contributed by atoms with Gasteiger partial charge in [0, 0.05) is 22.8 Å². The van der Waals surface area contributed by atoms with Crippen molar-refractivity contribution in [3.8, 4) is 0 Å². The number of hydrogen-bond acceptors (Lipinski definition) is 5. The maximum absolute atomic E-state index is 6.01. The van der Waals surface area contributed by atoms with E-state index in [4.69, 9.17) is 5.73 Å². The molecule has 3 rings (SSSR count). The highest BCUT2D eigenvalue weighted by Gasteiger charge is 2.31. The Balaban J connectivity index is 1.75. The number of nitrogens with one attached hydrogen (secondary N) is 1. The van der Waals surface area contributed by atoms with Gasteiger partial charge in [0.2, 0.25) is 0 Å². The Morgan fingerprint density at radius 2 is 2.21 bits per heavy atom. The van der Waals surface area contributed by atoms with Gasteiger partial charge in [0.05, 0.1) is 0 Å². The van der Waals surface area contributed by atoms with E-state index in [-0.39, 0.29) is 0 Å². The van der Waals surface area contributed by atoms with Gasteiger partial charge in [0.15, 0.2) is 0 Å². The second-order valence-electron chi connectivity index (χ2n) is 5.97. The summed E-state index contributed by atoms with van der Waals surface area (Å²) in [6.07, 6.45) is 5.01. The van der Waals surface area contributed by atoms with E-state index in [2.05, 4.69) is 34.0 Å². The molecular formula is C14H22N4S. The largest absolute Gasteiger partial charge is 0.383 e. The monoisotopic (exact) mass is 278 g/mol. The van der Waals surface area contributed by atoms with Crippen LogP contribution >= 0.6 is 11.8 Å². The predicted molar refractivity (Wildman–Crippen MR) is 81.7 cm³/mol. The van der Waals surface area contributed by atoms with Gasteiger partial charge in [0.25, 0.3) is 0 Å². The van der Waals surface area contributed by atoms with Crippen LogP contribution in [0.15, 0.2) is 0 Å². The van der Waals surface area contributed by atoms with Crippen LogP contribution < -0.4 is 11.1 Å². The Bertz CT molecular complexity index is 479. The molecule has 0 aromatic carbocycles. The van der Waals surface area contributed by atoms with Gasteiger partial charge < -0.3 is 11.1 Å². The van der Waals surface area contributed by atoms with Crippen LogP contribution in [0, 0.1) is 6.92 Å². The minimum atomic E-state index is 0.339. The maximum atomic E-state index is 6.01. The molecule has 1 aromatic heterocycles. The van der Waals surface area contributed by atoms with Crippen LogP contribution in [0.3, 0.4) is 0 Å². The number of nitrogens with zero attached hydrogens (tertiary/aromatic N) is 2. The van der Waals surface area contributed by atoms with E-state index in [1.54, 1.807) is 0 Å². The van der Waals surface area contributed by atoms with Crippen LogP contribution in [0.25, 0.3) is 0 Å². The van der Waals surface area contributed by atoms with Crippen molar-refractivity contribution in [3.63, 3.8) is 0 Å². The average molecular weight is 278 g/mol. The lowest BCUT2D eigenvalue weighted by Crippen LogP contribution is -2.28. The lowest BCUT2D eigenvalue weighted by molar-refractivity contribution is 0.633. The second-order valence-corrected chi connectivity index (χ2v) is 7.65. The van der Waals surface area contributed by atoms with Crippen LogP contribution in [-0.4, -0.2) is 27.0 Å². The molecule has 2 aliphatic rings. The molecule has 0 bridgehead atoms. The van der Waals surface area contributed by atoms with Crippen molar-refractivity contribution in [2.75, 3.05) is 23.3 Å². The van der Waals surface area contributed by atoms with Crippen molar-refractivity contribution in [2.45, 2.75) is 50.2 Å². The highest BCUT2D eigenvalue weighted by Crippen LogP contribution is 2.40. The number of aromatic nitrogens is 2. The molecule has 4 nitrogen and oxygen atoms in total. The van der Waals surface area contributed by atoms with E-state index < -0.39 is 0 Å². The summed E-state index contributed by atoms with van der Waals surface area (Å²) < 4.78 is 0.339. The van der Waals surface area contributed by atoms with Crippen LogP contribution in [-0.2, 0) is 0 Å². The molecule has 0 radical (unpaired) electrons. The third kappa shape index (κ3) is 2.81. The zero-order valence-electron chi connectivity index (χ0n) is 11.7. The number of thioether (sulfide) groups is 1. The van der Waals surface area contributed by atoms with Gasteiger partial charge in [-0.1, -0.05) is 0 Å². The normalized spacial score (nSPS) is 26.6. The third-order valence-electron chi connectivity index (χ3n) is 4.07. The summed E-state index contributed by atoms with van der Waals surface area (Å²) in [6.45, 7) is 5.29. The Morgan fingerprint density at radius 1 is 1.42 bits per heavy atom. The minimum absolute atomic E-state index is 0.339. The van der Waals surface area contributed by atoms with Gasteiger partial charge in [-0.3, -0.25) is 0 Å². The quantitative estimate of drug-likeness (QED) is 0.886. The summed E-state index contributed by atoms with van der Waals surface area (Å²) in [4.78, 5) is 9.09. The van der Waals surface area contributed by atoms with Crippen LogP contribution in [0.5, 0.6) is 0 Å². The smallest absolute Gasteiger partial charge is 0.136 e. The fraction of sp³-hybridized carbons (Fsp3) is 0.714. The minimum Gasteiger partial charge on any atom is -0.383 e. The summed E-state index contributed by atoms with van der Waals surface area (Å²) in [5, 5.41) is 3.51. The second kappa shape index (κ2) is 4.85. The fourth-order valence-electron chi connectivity index (χ4n) is 2.50. The number of anilines is 2. The summed E-state index contributed by atoms with van der Waals surface area (Å²) in [5.74, 6) is 4.30. The summed E-state index contributed by atoms with van der Waals surface area (Å²) >= 11 is 2.06. The summed E-state index contributed by atoms with van der Waals surface area (Å²) in [7, 11) is 0. The van der Waals surface area contributed by atoms with E-state index in [1.807, 2.05) is 6.92 Å². The molecule has 1 aliphatic carbocycles. The summed E-state index contributed by atoms with van der Waals surface area (Å²) in [5.41, 5.74) is 6.99. The molecule has 1 unspecified atom stereocenters. The number of rotatable bonds is 4. The SMILES string of the molecule is Cc1c(N)nc(C2CC2)nc1NCC1(C)CCCS1. The first-order chi connectivity index (χ1) is 9.07. The van der Waals surface area contributed by atoms with E-state index in [1.165, 1.54) is 31.4 Å². The van der Waals surface area contributed by atoms with Crippen LogP contribution in [0.2, 0.25) is 0 Å². The van der Waals surface area contributed by atoms with Crippen LogP contribution in [0.4, 0.5) is 11.6 Å². The standard InChI is InChI=1S/C14H22N4S/c1-9-11(15)17-13(10-4-5-10)18-12(9)16-8-14(2)6-3-7-19-14/h10H,3-8H2,1-2H3,(H3,15,16,17,18). The number of hydrogen-bond donors (Lipinski definition) is 2. The van der Waals surface area contributed by atoms with Crippen molar-refractivity contribution in [1.82, 2.24) is 9.97 Å². The molecule has 2 heterocycles. The van der Waals surface area contributed by atoms with Gasteiger partial charge in [-0.25, -0.2) is 9.97 Å². The molecule has 1 aliphatic heterocycles. The van der Waals surface area contributed by atoms with Gasteiger partial charge in [0.1, 0.15) is 17.5 Å². The lowest BCUT2D eigenvalue weighted by Gasteiger charge is -2.24. The van der Waals surface area contributed by atoms with Crippen molar-refractivity contribution < 1.29 is 0 Å². The molecule has 1 saturated carbocycles. The molecule has 5 heteroatoms. The first kappa shape index (κ1) is 13.0. The Labute approximate surface area is 119 Å². The van der Waals surface area contributed by atoms with E-state index in [0.717, 1.165) is 23.8 Å². The van der Waals surface area contributed by atoms with Crippen LogP contribution in [0.1, 0.15) is 49.9 Å². The molecule has 0 amide bonds. The Hall–Kier alpha value is -0.970. The fourth-order valence-corrected chi connectivity index (χ4v) is 3.74. The zero-order chi connectivity index (χ0) is 13.5. The molecule has 104 valence electrons. The molecule has 1 aromatic rings. The molecule has 1 atom stereocenters. The van der Waals surface area contributed by atoms with E-state index in [9.17, 15) is 0 Å². The van der Waals surface area contributed by atoms with E-state index >= 15 is 0 Å². The lowest BCUT2D eigenvalue weighted by atomic mass is 10.1. The predicted octanol–water partition coefficient (Wildman–Crippen LogP) is 2.94. The molecule has 1 saturated heterocycles.